The van der Waals surface area contributed by atoms with Crippen LogP contribution in [0.25, 0.3) is 0 Å². The molecule has 0 unspecified atom stereocenters. The predicted molar refractivity (Wildman–Crippen MR) is 224 cm³/mol. The maximum Gasteiger partial charge on any atom is 0.407 e. The second-order valence-electron chi connectivity index (χ2n) is 17.8. The van der Waals surface area contributed by atoms with Gasteiger partial charge in [0.2, 0.25) is 11.8 Å². The Morgan fingerprint density at radius 2 is 1.54 bits per heavy atom. The molecule has 5 heterocycles. The summed E-state index contributed by atoms with van der Waals surface area (Å²) in [5, 5.41) is 2.53. The van der Waals surface area contributed by atoms with Gasteiger partial charge in [-0.2, -0.15) is 0 Å². The molecule has 2 aromatic rings. The highest BCUT2D eigenvalue weighted by Crippen LogP contribution is 2.51. The van der Waals surface area contributed by atoms with Crippen molar-refractivity contribution in [2.75, 3.05) is 90.5 Å². The number of methoxy groups -OCH3 is 1. The summed E-state index contributed by atoms with van der Waals surface area (Å²) in [7, 11) is -2.19. The molecule has 0 radical (unpaired) electrons. The van der Waals surface area contributed by atoms with Crippen molar-refractivity contribution in [3.63, 3.8) is 0 Å². The van der Waals surface area contributed by atoms with E-state index in [0.717, 1.165) is 89.0 Å². The second-order valence-corrected chi connectivity index (χ2v) is 20.1. The van der Waals surface area contributed by atoms with Crippen molar-refractivity contribution in [2.45, 2.75) is 79.4 Å². The molecule has 59 heavy (non-hydrogen) atoms. The van der Waals surface area contributed by atoms with Crippen LogP contribution >= 0.6 is 0 Å². The molecule has 6 aliphatic rings. The normalized spacial score (nSPS) is 24.9. The highest BCUT2D eigenvalue weighted by Gasteiger charge is 2.53. The van der Waals surface area contributed by atoms with Gasteiger partial charge in [-0.1, -0.05) is 31.1 Å². The first kappa shape index (κ1) is 41.7. The molecule has 1 saturated carbocycles. The standard InChI is InChI=1S/C45H61FN6O6S/c1-58-44(55)47-41-12-6-11-40(41)45(32-49-23-8-24-49,35-9-5-10-36(46)27-35)34-18-25-50(26-19-34)43(54)33-28-51(29-33)37-14-16-38(17-15-37)59(56,57)39-30-52(31-39)42(53)13-7-22-48-20-3-2-4-21-48/h5,7,9-10,13-17,27,33-34,39-41H,2-4,6,8,11-12,18-26,28-32H2,1H3,(H,47,55)/b13-7+/t40-,41-,45-/m0/s1. The van der Waals surface area contributed by atoms with Gasteiger partial charge in [-0.25, -0.2) is 17.6 Å². The molecule has 320 valence electrons. The van der Waals surface area contributed by atoms with E-state index in [0.29, 0.717) is 26.2 Å². The fourth-order valence-electron chi connectivity index (χ4n) is 10.9. The lowest BCUT2D eigenvalue weighted by atomic mass is 9.57. The van der Waals surface area contributed by atoms with Crippen LogP contribution in [0, 0.1) is 23.6 Å². The molecule has 14 heteroatoms. The molecular weight excluding hydrogens is 772 g/mol. The lowest BCUT2D eigenvalue weighted by molar-refractivity contribution is -0.138. The number of alkyl carbamates (subject to hydrolysis) is 1. The number of nitrogens with zero attached hydrogens (tertiary/aromatic N) is 5. The Hall–Kier alpha value is -4.01. The van der Waals surface area contributed by atoms with E-state index in [1.165, 1.54) is 32.4 Å². The van der Waals surface area contributed by atoms with E-state index in [1.807, 2.05) is 29.2 Å². The first-order valence-electron chi connectivity index (χ1n) is 21.9. The van der Waals surface area contributed by atoms with Gasteiger partial charge in [-0.3, -0.25) is 14.5 Å². The summed E-state index contributed by atoms with van der Waals surface area (Å²) in [5.74, 6) is -0.0850. The van der Waals surface area contributed by atoms with Crippen LogP contribution in [0.5, 0.6) is 0 Å². The van der Waals surface area contributed by atoms with Gasteiger partial charge in [-0.15, -0.1) is 0 Å². The molecule has 3 amide bonds. The van der Waals surface area contributed by atoms with Gasteiger partial charge in [0.1, 0.15) is 11.1 Å². The maximum absolute atomic E-state index is 15.0. The summed E-state index contributed by atoms with van der Waals surface area (Å²) < 4.78 is 46.9. The van der Waals surface area contributed by atoms with E-state index in [9.17, 15) is 22.8 Å². The number of carbonyl (C=O) groups is 3. The van der Waals surface area contributed by atoms with Gasteiger partial charge < -0.3 is 29.7 Å². The fraction of sp³-hybridized carbons (Fsp3) is 0.622. The Balaban J connectivity index is 0.857. The average molecular weight is 833 g/mol. The summed E-state index contributed by atoms with van der Waals surface area (Å²) in [5.41, 5.74) is 1.47. The number of anilines is 1. The number of hydrogen-bond donors (Lipinski definition) is 1. The zero-order valence-electron chi connectivity index (χ0n) is 34.5. The van der Waals surface area contributed by atoms with Crippen molar-refractivity contribution in [1.29, 1.82) is 0 Å². The third-order valence-corrected chi connectivity index (χ3v) is 16.5. The summed E-state index contributed by atoms with van der Waals surface area (Å²) in [6.07, 6.45) is 12.2. The molecule has 12 nitrogen and oxygen atoms in total. The summed E-state index contributed by atoms with van der Waals surface area (Å²) in [4.78, 5) is 49.8. The molecule has 6 fully saturated rings. The maximum atomic E-state index is 15.0. The topological polar surface area (TPSA) is 123 Å². The van der Waals surface area contributed by atoms with Crippen LogP contribution in [0.2, 0.25) is 0 Å². The van der Waals surface area contributed by atoms with E-state index in [2.05, 4.69) is 26.1 Å². The smallest absolute Gasteiger partial charge is 0.407 e. The number of nitrogens with one attached hydrogen (secondary N) is 1. The van der Waals surface area contributed by atoms with Crippen LogP contribution in [0.15, 0.2) is 65.6 Å². The summed E-state index contributed by atoms with van der Waals surface area (Å²) in [6, 6.07) is 13.9. The quantitative estimate of drug-likeness (QED) is 0.287. The predicted octanol–water partition coefficient (Wildman–Crippen LogP) is 4.70. The van der Waals surface area contributed by atoms with Crippen LogP contribution < -0.4 is 10.2 Å². The number of piperidine rings is 2. The molecule has 0 aromatic heterocycles. The number of benzene rings is 2. The molecule has 1 aliphatic carbocycles. The molecule has 2 aromatic carbocycles. The van der Waals surface area contributed by atoms with Crippen LogP contribution in [0.4, 0.5) is 14.9 Å². The number of likely N-dealkylation sites (tertiary alicyclic amines) is 4. The van der Waals surface area contributed by atoms with Crippen LogP contribution in [0.1, 0.15) is 63.4 Å². The second kappa shape index (κ2) is 17.9. The highest BCUT2D eigenvalue weighted by atomic mass is 32.2. The third-order valence-electron chi connectivity index (χ3n) is 14.4. The molecule has 0 bridgehead atoms. The van der Waals surface area contributed by atoms with Crippen LogP contribution in [-0.2, 0) is 29.6 Å². The number of halogens is 1. The van der Waals surface area contributed by atoms with E-state index in [4.69, 9.17) is 4.74 Å². The largest absolute Gasteiger partial charge is 0.453 e. The molecule has 8 rings (SSSR count). The Morgan fingerprint density at radius 1 is 0.831 bits per heavy atom. The van der Waals surface area contributed by atoms with Crippen molar-refractivity contribution >= 4 is 33.4 Å². The molecule has 5 saturated heterocycles. The van der Waals surface area contributed by atoms with Gasteiger partial charge in [0, 0.05) is 75.6 Å². The Bertz CT molecular complexity index is 1950. The minimum Gasteiger partial charge on any atom is -0.453 e. The van der Waals surface area contributed by atoms with Crippen LogP contribution in [-0.4, -0.2) is 143 Å². The zero-order chi connectivity index (χ0) is 41.1. The number of amides is 3. The number of sulfone groups is 1. The van der Waals surface area contributed by atoms with E-state index >= 15 is 4.39 Å². The molecular formula is C45H61FN6O6S. The molecule has 3 atom stereocenters. The van der Waals surface area contributed by atoms with E-state index in [-0.39, 0.29) is 59.4 Å². The zero-order valence-corrected chi connectivity index (χ0v) is 35.3. The minimum atomic E-state index is -3.58. The van der Waals surface area contributed by atoms with Gasteiger partial charge in [-0.05, 0) is 125 Å². The van der Waals surface area contributed by atoms with Gasteiger partial charge >= 0.3 is 6.09 Å². The number of hydrogen-bond acceptors (Lipinski definition) is 9. The lowest BCUT2D eigenvalue weighted by Crippen LogP contribution is -2.60. The summed E-state index contributed by atoms with van der Waals surface area (Å²) >= 11 is 0. The van der Waals surface area contributed by atoms with Crippen molar-refractivity contribution in [1.82, 2.24) is 24.9 Å². The van der Waals surface area contributed by atoms with Crippen molar-refractivity contribution in [3.05, 3.63) is 72.1 Å². The van der Waals surface area contributed by atoms with Crippen LogP contribution in [0.3, 0.4) is 0 Å². The van der Waals surface area contributed by atoms with Gasteiger partial charge in [0.25, 0.3) is 0 Å². The van der Waals surface area contributed by atoms with E-state index < -0.39 is 26.6 Å². The van der Waals surface area contributed by atoms with Crippen molar-refractivity contribution in [3.8, 4) is 0 Å². The first-order valence-corrected chi connectivity index (χ1v) is 23.5. The van der Waals surface area contributed by atoms with E-state index in [1.54, 1.807) is 29.2 Å². The SMILES string of the molecule is COC(=O)N[C@H]1CCC[C@@H]1[C@](CN1CCC1)(c1cccc(F)c1)C1CCN(C(=O)C2CN(c3ccc(S(=O)(=O)C4CN(C(=O)/C=C/CN5CCCCC5)C4)cc3)C2)CC1. The Labute approximate surface area is 349 Å². The van der Waals surface area contributed by atoms with Gasteiger partial charge in [0.05, 0.1) is 17.9 Å². The average Bonchev–Trinajstić information content (AvgIpc) is 3.65. The van der Waals surface area contributed by atoms with Crippen molar-refractivity contribution in [2.24, 2.45) is 17.8 Å². The first-order chi connectivity index (χ1) is 28.5. The summed E-state index contributed by atoms with van der Waals surface area (Å²) in [6.45, 7) is 8.46. The molecule has 1 N–H and O–H groups in total. The fourth-order valence-corrected chi connectivity index (χ4v) is 12.5. The number of ether oxygens (including phenoxy) is 1. The monoisotopic (exact) mass is 832 g/mol. The third kappa shape index (κ3) is 8.77. The Morgan fingerprint density at radius 3 is 2.20 bits per heavy atom. The number of rotatable bonds is 13. The lowest BCUT2D eigenvalue weighted by Gasteiger charge is -2.54. The van der Waals surface area contributed by atoms with Gasteiger partial charge in [0.15, 0.2) is 9.84 Å². The Kier molecular flexibility index (Phi) is 12.7. The highest BCUT2D eigenvalue weighted by molar-refractivity contribution is 7.92. The minimum absolute atomic E-state index is 0.0809. The van der Waals surface area contributed by atoms with Crippen molar-refractivity contribution < 1.29 is 31.9 Å². The molecule has 0 spiro atoms. The number of carbonyl (C=O) groups excluding carboxylic acids is 3. The molecule has 5 aliphatic heterocycles.